The van der Waals surface area contributed by atoms with E-state index in [0.717, 1.165) is 61.7 Å². The van der Waals surface area contributed by atoms with Crippen LogP contribution in [0.4, 0.5) is 0 Å². The fraction of sp³-hybridized carbons (Fsp3) is 0.417. The molecule has 1 aliphatic heterocycles. The molecule has 3 rings (SSSR count). The van der Waals surface area contributed by atoms with Crippen LogP contribution in [0.3, 0.4) is 0 Å². The van der Waals surface area contributed by atoms with Gasteiger partial charge in [0.15, 0.2) is 5.96 Å². The molecule has 2 aromatic carbocycles. The Morgan fingerprint density at radius 2 is 1.71 bits per heavy atom. The Morgan fingerprint density at radius 3 is 2.39 bits per heavy atom. The summed E-state index contributed by atoms with van der Waals surface area (Å²) in [5, 5.41) is 6.61. The molecule has 0 spiro atoms. The third kappa shape index (κ3) is 8.40. The van der Waals surface area contributed by atoms with Gasteiger partial charge in [-0.1, -0.05) is 30.3 Å². The van der Waals surface area contributed by atoms with Crippen LogP contribution < -0.4 is 15.4 Å². The Bertz CT molecular complexity index is 806. The van der Waals surface area contributed by atoms with Gasteiger partial charge in [-0.15, -0.1) is 24.0 Å². The van der Waals surface area contributed by atoms with Crippen LogP contribution in [0.25, 0.3) is 0 Å². The molecular formula is C24H33IN4O2. The van der Waals surface area contributed by atoms with Gasteiger partial charge in [0.05, 0.1) is 6.61 Å². The number of aliphatic imine (C=N–C) groups is 1. The summed E-state index contributed by atoms with van der Waals surface area (Å²) in [5.74, 6) is 1.79. The van der Waals surface area contributed by atoms with Crippen molar-refractivity contribution in [3.05, 3.63) is 65.7 Å². The second kappa shape index (κ2) is 13.9. The zero-order valence-electron chi connectivity index (χ0n) is 18.2. The number of hydrogen-bond donors (Lipinski definition) is 2. The molecule has 31 heavy (non-hydrogen) atoms. The van der Waals surface area contributed by atoms with E-state index in [1.54, 1.807) is 7.05 Å². The number of para-hydroxylation sites is 1. The molecule has 1 saturated heterocycles. The van der Waals surface area contributed by atoms with Gasteiger partial charge < -0.3 is 20.3 Å². The molecule has 1 amide bonds. The Kier molecular flexibility index (Phi) is 11.2. The molecule has 0 radical (unpaired) electrons. The Hall–Kier alpha value is -2.29. The van der Waals surface area contributed by atoms with E-state index in [9.17, 15) is 4.79 Å². The summed E-state index contributed by atoms with van der Waals surface area (Å²) in [6.45, 7) is 3.83. The number of nitrogens with zero attached hydrogens (tertiary/aromatic N) is 2. The number of piperidine rings is 1. The first-order chi connectivity index (χ1) is 14.8. The first kappa shape index (κ1) is 25.0. The second-order valence-corrected chi connectivity index (χ2v) is 7.42. The highest BCUT2D eigenvalue weighted by molar-refractivity contribution is 14.0. The molecule has 0 aliphatic carbocycles. The molecule has 7 heteroatoms. The van der Waals surface area contributed by atoms with E-state index in [1.165, 1.54) is 6.42 Å². The molecule has 0 unspecified atom stereocenters. The van der Waals surface area contributed by atoms with Gasteiger partial charge in [0.2, 0.25) is 0 Å². The van der Waals surface area contributed by atoms with Crippen LogP contribution in [0.2, 0.25) is 0 Å². The molecule has 1 aliphatic rings. The lowest BCUT2D eigenvalue weighted by Gasteiger charge is -2.26. The number of benzene rings is 2. The fourth-order valence-electron chi connectivity index (χ4n) is 3.44. The zero-order valence-corrected chi connectivity index (χ0v) is 20.5. The minimum absolute atomic E-state index is 0. The van der Waals surface area contributed by atoms with E-state index < -0.39 is 0 Å². The average Bonchev–Trinajstić information content (AvgIpc) is 2.82. The maximum Gasteiger partial charge on any atom is 0.253 e. The molecule has 2 N–H and O–H groups in total. The first-order valence-electron chi connectivity index (χ1n) is 10.8. The molecule has 2 aromatic rings. The van der Waals surface area contributed by atoms with E-state index >= 15 is 0 Å². The summed E-state index contributed by atoms with van der Waals surface area (Å²) in [7, 11) is 1.76. The maximum atomic E-state index is 12.6. The standard InChI is InChI=1S/C24H32N4O2.HI/c1-25-24(26-15-8-18-30-22-9-4-2-5-10-22)27-19-20-11-13-21(14-12-20)23(29)28-16-6-3-7-17-28;/h2,4-5,9-14H,3,6-8,15-19H2,1H3,(H2,25,26,27);1H. The number of carbonyl (C=O) groups is 1. The van der Waals surface area contributed by atoms with Crippen molar-refractivity contribution in [2.24, 2.45) is 4.99 Å². The van der Waals surface area contributed by atoms with Gasteiger partial charge >= 0.3 is 0 Å². The molecule has 0 atom stereocenters. The number of ether oxygens (including phenoxy) is 1. The van der Waals surface area contributed by atoms with Gasteiger partial charge in [-0.25, -0.2) is 0 Å². The maximum absolute atomic E-state index is 12.6. The highest BCUT2D eigenvalue weighted by Gasteiger charge is 2.17. The largest absolute Gasteiger partial charge is 0.494 e. The normalized spacial score (nSPS) is 13.8. The van der Waals surface area contributed by atoms with Gasteiger partial charge in [-0.2, -0.15) is 0 Å². The summed E-state index contributed by atoms with van der Waals surface area (Å²) >= 11 is 0. The number of hydrogen-bond acceptors (Lipinski definition) is 3. The highest BCUT2D eigenvalue weighted by Crippen LogP contribution is 2.14. The summed E-state index contributed by atoms with van der Waals surface area (Å²) in [5.41, 5.74) is 1.88. The number of likely N-dealkylation sites (tertiary alicyclic amines) is 1. The van der Waals surface area contributed by atoms with Crippen molar-refractivity contribution in [2.75, 3.05) is 33.3 Å². The van der Waals surface area contributed by atoms with Crippen LogP contribution in [0.15, 0.2) is 59.6 Å². The van der Waals surface area contributed by atoms with Gasteiger partial charge in [-0.05, 0) is 55.5 Å². The number of guanidine groups is 1. The van der Waals surface area contributed by atoms with E-state index in [4.69, 9.17) is 4.74 Å². The third-order valence-electron chi connectivity index (χ3n) is 5.15. The van der Waals surface area contributed by atoms with E-state index in [0.29, 0.717) is 13.2 Å². The van der Waals surface area contributed by atoms with Crippen LogP contribution in [0, 0.1) is 0 Å². The van der Waals surface area contributed by atoms with Crippen molar-refractivity contribution in [2.45, 2.75) is 32.2 Å². The molecule has 1 fully saturated rings. The molecular weight excluding hydrogens is 503 g/mol. The monoisotopic (exact) mass is 536 g/mol. The van der Waals surface area contributed by atoms with Crippen LogP contribution >= 0.6 is 24.0 Å². The summed E-state index contributed by atoms with van der Waals surface area (Å²) < 4.78 is 5.69. The van der Waals surface area contributed by atoms with Crippen LogP contribution in [-0.2, 0) is 6.54 Å². The van der Waals surface area contributed by atoms with Crippen molar-refractivity contribution in [3.63, 3.8) is 0 Å². The fourth-order valence-corrected chi connectivity index (χ4v) is 3.44. The Balaban J connectivity index is 0.00000341. The van der Waals surface area contributed by atoms with Gasteiger partial charge in [-0.3, -0.25) is 9.79 Å². The zero-order chi connectivity index (χ0) is 21.0. The summed E-state index contributed by atoms with van der Waals surface area (Å²) in [4.78, 5) is 18.8. The Labute approximate surface area is 202 Å². The molecule has 6 nitrogen and oxygen atoms in total. The second-order valence-electron chi connectivity index (χ2n) is 7.42. The van der Waals surface area contributed by atoms with Crippen molar-refractivity contribution in [3.8, 4) is 5.75 Å². The van der Waals surface area contributed by atoms with Crippen molar-refractivity contribution < 1.29 is 9.53 Å². The number of carbonyl (C=O) groups excluding carboxylic acids is 1. The lowest BCUT2D eigenvalue weighted by atomic mass is 10.1. The smallest absolute Gasteiger partial charge is 0.253 e. The van der Waals surface area contributed by atoms with E-state index in [2.05, 4.69) is 15.6 Å². The van der Waals surface area contributed by atoms with E-state index in [1.807, 2.05) is 59.5 Å². The van der Waals surface area contributed by atoms with Crippen molar-refractivity contribution >= 4 is 35.8 Å². The van der Waals surface area contributed by atoms with Crippen molar-refractivity contribution in [1.82, 2.24) is 15.5 Å². The van der Waals surface area contributed by atoms with Crippen LogP contribution in [-0.4, -0.2) is 50.1 Å². The lowest BCUT2D eigenvalue weighted by Crippen LogP contribution is -2.37. The average molecular weight is 536 g/mol. The first-order valence-corrected chi connectivity index (χ1v) is 10.8. The lowest BCUT2D eigenvalue weighted by molar-refractivity contribution is 0.0724. The molecule has 1 heterocycles. The predicted octanol–water partition coefficient (Wildman–Crippen LogP) is 4.06. The SMILES string of the molecule is CN=C(NCCCOc1ccccc1)NCc1ccc(C(=O)N2CCCCC2)cc1.I. The van der Waals surface area contributed by atoms with Gasteiger partial charge in [0, 0.05) is 38.8 Å². The third-order valence-corrected chi connectivity index (χ3v) is 5.15. The highest BCUT2D eigenvalue weighted by atomic mass is 127. The van der Waals surface area contributed by atoms with Gasteiger partial charge in [0.1, 0.15) is 5.75 Å². The molecule has 0 saturated carbocycles. The van der Waals surface area contributed by atoms with E-state index in [-0.39, 0.29) is 29.9 Å². The molecule has 168 valence electrons. The summed E-state index contributed by atoms with van der Waals surface area (Å²) in [6, 6.07) is 17.7. The number of rotatable bonds is 8. The quantitative estimate of drug-likeness (QED) is 0.231. The molecule has 0 aromatic heterocycles. The Morgan fingerprint density at radius 1 is 1.00 bits per heavy atom. The molecule has 0 bridgehead atoms. The van der Waals surface area contributed by atoms with Gasteiger partial charge in [0.25, 0.3) is 5.91 Å². The number of nitrogens with one attached hydrogen (secondary N) is 2. The van der Waals surface area contributed by atoms with Crippen molar-refractivity contribution in [1.29, 1.82) is 0 Å². The van der Waals surface area contributed by atoms with Crippen LogP contribution in [0.5, 0.6) is 5.75 Å². The minimum atomic E-state index is 0. The predicted molar refractivity (Wildman–Crippen MR) is 136 cm³/mol. The topological polar surface area (TPSA) is 66.0 Å². The number of amides is 1. The minimum Gasteiger partial charge on any atom is -0.494 e. The summed E-state index contributed by atoms with van der Waals surface area (Å²) in [6.07, 6.45) is 4.32. The number of halogens is 1. The van der Waals surface area contributed by atoms with Crippen LogP contribution in [0.1, 0.15) is 41.6 Å².